The molecule has 0 bridgehead atoms. The zero-order valence-electron chi connectivity index (χ0n) is 3.94. The normalized spacial score (nSPS) is 34.5. The highest BCUT2D eigenvalue weighted by atomic mass is 15.4. The molecule has 1 saturated heterocycles. The van der Waals surface area contributed by atoms with Crippen molar-refractivity contribution in [3.63, 3.8) is 0 Å². The van der Waals surface area contributed by atoms with Crippen LogP contribution < -0.4 is 10.9 Å². The summed E-state index contributed by atoms with van der Waals surface area (Å²) in [6.07, 6.45) is 1.21. The van der Waals surface area contributed by atoms with Crippen LogP contribution in [0.15, 0.2) is 0 Å². The molecule has 2 heteroatoms. The predicted molar refractivity (Wildman–Crippen MR) is 24.2 cm³/mol. The van der Waals surface area contributed by atoms with Crippen molar-refractivity contribution in [2.45, 2.75) is 19.4 Å². The third-order valence-electron chi connectivity index (χ3n) is 0.986. The summed E-state index contributed by atoms with van der Waals surface area (Å²) in [4.78, 5) is 0. The van der Waals surface area contributed by atoms with E-state index in [-0.39, 0.29) is 0 Å². The summed E-state index contributed by atoms with van der Waals surface area (Å²) in [6.45, 7) is 3.14. The van der Waals surface area contributed by atoms with Crippen LogP contribution in [0.4, 0.5) is 0 Å². The summed E-state index contributed by atoms with van der Waals surface area (Å²) in [5.74, 6) is 0. The maximum atomic E-state index is 3.91. The van der Waals surface area contributed by atoms with Crippen molar-refractivity contribution in [2.75, 3.05) is 6.54 Å². The molecule has 0 aliphatic carbocycles. The topological polar surface area (TPSA) is 26.1 Å². The second-order valence-corrected chi connectivity index (χ2v) is 1.70. The Bertz CT molecular complexity index is 38.8. The molecule has 35 valence electrons. The van der Waals surface area contributed by atoms with E-state index >= 15 is 0 Å². The Morgan fingerprint density at radius 3 is 2.83 bits per heavy atom. The van der Waals surface area contributed by atoms with Gasteiger partial charge in [0, 0.05) is 12.6 Å². The van der Waals surface area contributed by atoms with E-state index < -0.39 is 0 Å². The standard InChI is InChI=1S/C4H9N2/c1-4-2-3-5-6-4/h4,6H,2-3H2,1H3. The van der Waals surface area contributed by atoms with Crippen LogP contribution in [-0.4, -0.2) is 12.6 Å². The van der Waals surface area contributed by atoms with Gasteiger partial charge in [-0.2, -0.15) is 5.43 Å². The quantitative estimate of drug-likeness (QED) is 0.436. The Labute approximate surface area is 37.9 Å². The molecule has 1 fully saturated rings. The van der Waals surface area contributed by atoms with E-state index in [9.17, 15) is 0 Å². The van der Waals surface area contributed by atoms with Gasteiger partial charge in [-0.3, -0.25) is 0 Å². The first kappa shape index (κ1) is 4.09. The Balaban J connectivity index is 2.18. The van der Waals surface area contributed by atoms with Crippen LogP contribution in [0.1, 0.15) is 13.3 Å². The first-order chi connectivity index (χ1) is 2.89. The van der Waals surface area contributed by atoms with Gasteiger partial charge in [0.05, 0.1) is 0 Å². The second-order valence-electron chi connectivity index (χ2n) is 1.70. The van der Waals surface area contributed by atoms with E-state index in [0.29, 0.717) is 6.04 Å². The molecular formula is C4H9N2. The average Bonchev–Trinajstić information content (AvgIpc) is 1.86. The smallest absolute Gasteiger partial charge is 0.0319 e. The van der Waals surface area contributed by atoms with E-state index in [2.05, 4.69) is 17.8 Å². The van der Waals surface area contributed by atoms with Gasteiger partial charge in [-0.25, -0.2) is 5.43 Å². The molecule has 0 aromatic heterocycles. The number of nitrogens with one attached hydrogen (secondary N) is 1. The minimum atomic E-state index is 0.630. The zero-order valence-corrected chi connectivity index (χ0v) is 3.94. The van der Waals surface area contributed by atoms with Crippen molar-refractivity contribution >= 4 is 0 Å². The fourth-order valence-corrected chi connectivity index (χ4v) is 0.543. The van der Waals surface area contributed by atoms with Gasteiger partial charge in [-0.05, 0) is 13.3 Å². The highest BCUT2D eigenvalue weighted by molar-refractivity contribution is 4.63. The average molecular weight is 85.1 g/mol. The zero-order chi connectivity index (χ0) is 4.41. The summed E-state index contributed by atoms with van der Waals surface area (Å²) >= 11 is 0. The molecule has 6 heavy (non-hydrogen) atoms. The molecule has 1 heterocycles. The van der Waals surface area contributed by atoms with Crippen LogP contribution in [0.3, 0.4) is 0 Å². The van der Waals surface area contributed by atoms with Gasteiger partial charge in [0.1, 0.15) is 0 Å². The number of nitrogens with zero attached hydrogens (tertiary/aromatic N) is 1. The monoisotopic (exact) mass is 85.1 g/mol. The SMILES string of the molecule is CC1CC[N]N1. The van der Waals surface area contributed by atoms with Crippen LogP contribution in [0.2, 0.25) is 0 Å². The fraction of sp³-hybridized carbons (Fsp3) is 1.00. The number of rotatable bonds is 0. The van der Waals surface area contributed by atoms with Crippen molar-refractivity contribution in [1.29, 1.82) is 0 Å². The lowest BCUT2D eigenvalue weighted by Crippen LogP contribution is -2.21. The first-order valence-corrected chi connectivity index (χ1v) is 2.31. The van der Waals surface area contributed by atoms with Gasteiger partial charge in [-0.1, -0.05) is 0 Å². The van der Waals surface area contributed by atoms with Gasteiger partial charge >= 0.3 is 0 Å². The van der Waals surface area contributed by atoms with Crippen molar-refractivity contribution in [2.24, 2.45) is 0 Å². The molecule has 0 saturated carbocycles. The van der Waals surface area contributed by atoms with Crippen molar-refractivity contribution in [3.05, 3.63) is 0 Å². The summed E-state index contributed by atoms with van der Waals surface area (Å²) in [6, 6.07) is 0.630. The van der Waals surface area contributed by atoms with E-state index in [4.69, 9.17) is 0 Å². The molecule has 1 unspecified atom stereocenters. The van der Waals surface area contributed by atoms with Gasteiger partial charge in [0.15, 0.2) is 0 Å². The summed E-state index contributed by atoms with van der Waals surface area (Å²) in [5.41, 5.74) is 6.86. The Kier molecular flexibility index (Phi) is 1.08. The molecule has 0 aromatic rings. The summed E-state index contributed by atoms with van der Waals surface area (Å²) in [7, 11) is 0. The summed E-state index contributed by atoms with van der Waals surface area (Å²) < 4.78 is 0. The van der Waals surface area contributed by atoms with E-state index in [1.165, 1.54) is 6.42 Å². The largest absolute Gasteiger partial charge is 0.237 e. The Morgan fingerprint density at radius 2 is 2.67 bits per heavy atom. The molecule has 0 aromatic carbocycles. The molecule has 0 amide bonds. The highest BCUT2D eigenvalue weighted by Gasteiger charge is 2.06. The second kappa shape index (κ2) is 1.58. The van der Waals surface area contributed by atoms with Crippen LogP contribution in [0.5, 0.6) is 0 Å². The van der Waals surface area contributed by atoms with Gasteiger partial charge in [0.2, 0.25) is 0 Å². The van der Waals surface area contributed by atoms with Crippen molar-refractivity contribution in [1.82, 2.24) is 10.9 Å². The third-order valence-corrected chi connectivity index (χ3v) is 0.986. The number of hydrogen-bond donors (Lipinski definition) is 1. The van der Waals surface area contributed by atoms with E-state index in [1.54, 1.807) is 0 Å². The van der Waals surface area contributed by atoms with Crippen LogP contribution in [0, 0.1) is 0 Å². The molecule has 1 atom stereocenters. The third kappa shape index (κ3) is 0.698. The maximum Gasteiger partial charge on any atom is 0.0319 e. The minimum absolute atomic E-state index is 0.630. The lowest BCUT2D eigenvalue weighted by atomic mass is 10.3. The molecule has 0 spiro atoms. The lowest BCUT2D eigenvalue weighted by Gasteiger charge is -1.93. The maximum absolute atomic E-state index is 3.91. The van der Waals surface area contributed by atoms with E-state index in [1.807, 2.05) is 0 Å². The minimum Gasteiger partial charge on any atom is -0.237 e. The summed E-state index contributed by atoms with van der Waals surface area (Å²) in [5, 5.41) is 0. The van der Waals surface area contributed by atoms with Crippen molar-refractivity contribution < 1.29 is 0 Å². The molecule has 1 aliphatic rings. The van der Waals surface area contributed by atoms with Crippen molar-refractivity contribution in [3.8, 4) is 0 Å². The van der Waals surface area contributed by atoms with Crippen LogP contribution in [0.25, 0.3) is 0 Å². The highest BCUT2D eigenvalue weighted by Crippen LogP contribution is 1.92. The van der Waals surface area contributed by atoms with Crippen LogP contribution >= 0.6 is 0 Å². The van der Waals surface area contributed by atoms with E-state index in [0.717, 1.165) is 6.54 Å². The van der Waals surface area contributed by atoms with Gasteiger partial charge in [-0.15, -0.1) is 0 Å². The molecule has 2 nitrogen and oxygen atoms in total. The molecule has 1 aliphatic heterocycles. The fourth-order valence-electron chi connectivity index (χ4n) is 0.543. The van der Waals surface area contributed by atoms with Gasteiger partial charge < -0.3 is 0 Å². The Hall–Kier alpha value is -0.0800. The first-order valence-electron chi connectivity index (χ1n) is 2.31. The van der Waals surface area contributed by atoms with Crippen LogP contribution in [-0.2, 0) is 0 Å². The molecular weight excluding hydrogens is 76.1 g/mol. The lowest BCUT2D eigenvalue weighted by molar-refractivity contribution is 0.584. The van der Waals surface area contributed by atoms with Gasteiger partial charge in [0.25, 0.3) is 0 Å². The predicted octanol–water partition coefficient (Wildman–Crippen LogP) is -0.112. The molecule has 1 rings (SSSR count). The number of hydrogen-bond acceptors (Lipinski definition) is 1. The molecule has 1 radical (unpaired) electrons. The Morgan fingerprint density at radius 1 is 1.83 bits per heavy atom. The molecule has 1 N–H and O–H groups in total.